The number of methoxy groups -OCH3 is 1. The van der Waals surface area contributed by atoms with Gasteiger partial charge in [-0.2, -0.15) is 0 Å². The minimum atomic E-state index is -0.527. The Bertz CT molecular complexity index is 616. The third-order valence-electron chi connectivity index (χ3n) is 3.93. The summed E-state index contributed by atoms with van der Waals surface area (Å²) in [4.78, 5) is 2.22. The van der Waals surface area contributed by atoms with Crippen molar-refractivity contribution in [3.8, 4) is 5.75 Å². The van der Waals surface area contributed by atoms with Gasteiger partial charge in [0.2, 0.25) is 0 Å². The largest absolute Gasteiger partial charge is 0.496 e. The first-order valence-electron chi connectivity index (χ1n) is 8.76. The monoisotopic (exact) mass is 343 g/mol. The van der Waals surface area contributed by atoms with Crippen LogP contribution in [-0.2, 0) is 17.8 Å². The molecule has 2 aromatic carbocycles. The van der Waals surface area contributed by atoms with Crippen molar-refractivity contribution in [2.45, 2.75) is 39.1 Å². The molecule has 25 heavy (non-hydrogen) atoms. The van der Waals surface area contributed by atoms with Crippen molar-refractivity contribution >= 4 is 0 Å². The molecule has 1 N–H and O–H groups in total. The molecule has 0 aliphatic carbocycles. The molecule has 0 amide bonds. The van der Waals surface area contributed by atoms with Crippen molar-refractivity contribution in [1.29, 1.82) is 0 Å². The molecule has 0 aliphatic heterocycles. The van der Waals surface area contributed by atoms with Crippen molar-refractivity contribution in [3.05, 3.63) is 65.7 Å². The first-order valence-corrected chi connectivity index (χ1v) is 8.76. The number of aliphatic hydroxyl groups is 1. The lowest BCUT2D eigenvalue weighted by atomic mass is 10.1. The lowest BCUT2D eigenvalue weighted by Crippen LogP contribution is -2.35. The van der Waals surface area contributed by atoms with Crippen LogP contribution in [0.4, 0.5) is 0 Å². The lowest BCUT2D eigenvalue weighted by Gasteiger charge is -2.26. The fourth-order valence-electron chi connectivity index (χ4n) is 2.76. The van der Waals surface area contributed by atoms with Crippen molar-refractivity contribution in [2.75, 3.05) is 20.3 Å². The number of nitrogens with zero attached hydrogens (tertiary/aromatic N) is 1. The van der Waals surface area contributed by atoms with E-state index in [2.05, 4.69) is 23.1 Å². The van der Waals surface area contributed by atoms with Gasteiger partial charge >= 0.3 is 0 Å². The Morgan fingerprint density at radius 2 is 1.64 bits per heavy atom. The second-order valence-electron chi connectivity index (χ2n) is 6.50. The average Bonchev–Trinajstić information content (AvgIpc) is 2.61. The second kappa shape index (κ2) is 10.2. The number of benzene rings is 2. The molecular formula is C21H29NO3. The highest BCUT2D eigenvalue weighted by Crippen LogP contribution is 2.20. The Labute approximate surface area is 151 Å². The van der Waals surface area contributed by atoms with Crippen molar-refractivity contribution in [2.24, 2.45) is 0 Å². The predicted molar refractivity (Wildman–Crippen MR) is 101 cm³/mol. The summed E-state index contributed by atoms with van der Waals surface area (Å²) in [6.07, 6.45) is -0.410. The molecule has 0 bridgehead atoms. The van der Waals surface area contributed by atoms with Gasteiger partial charge in [-0.15, -0.1) is 0 Å². The van der Waals surface area contributed by atoms with Gasteiger partial charge in [-0.25, -0.2) is 0 Å². The van der Waals surface area contributed by atoms with Crippen LogP contribution in [0.5, 0.6) is 5.75 Å². The molecule has 0 heterocycles. The summed E-state index contributed by atoms with van der Waals surface area (Å²) < 4.78 is 11.0. The molecule has 136 valence electrons. The van der Waals surface area contributed by atoms with Gasteiger partial charge in [0.1, 0.15) is 5.75 Å². The third-order valence-corrected chi connectivity index (χ3v) is 3.93. The Kier molecular flexibility index (Phi) is 7.92. The summed E-state index contributed by atoms with van der Waals surface area (Å²) in [5.41, 5.74) is 2.33. The molecule has 4 heteroatoms. The normalized spacial score (nSPS) is 12.6. The number of para-hydroxylation sites is 1. The number of hydrogen-bond acceptors (Lipinski definition) is 4. The average molecular weight is 343 g/mol. The summed E-state index contributed by atoms with van der Waals surface area (Å²) in [5, 5.41) is 10.4. The smallest absolute Gasteiger partial charge is 0.123 e. The first-order chi connectivity index (χ1) is 12.1. The van der Waals surface area contributed by atoms with Crippen LogP contribution in [0.15, 0.2) is 54.6 Å². The fourth-order valence-corrected chi connectivity index (χ4v) is 2.76. The minimum absolute atomic E-state index is 0.117. The number of hydrogen-bond donors (Lipinski definition) is 1. The van der Waals surface area contributed by atoms with Gasteiger partial charge in [0, 0.05) is 25.2 Å². The van der Waals surface area contributed by atoms with Crippen LogP contribution < -0.4 is 4.74 Å². The van der Waals surface area contributed by atoms with Crippen LogP contribution in [-0.4, -0.2) is 42.5 Å². The van der Waals surface area contributed by atoms with Crippen LogP contribution in [0, 0.1) is 0 Å². The van der Waals surface area contributed by atoms with E-state index < -0.39 is 6.10 Å². The number of ether oxygens (including phenoxy) is 2. The molecule has 0 fully saturated rings. The predicted octanol–water partition coefficient (Wildman–Crippen LogP) is 3.48. The highest BCUT2D eigenvalue weighted by molar-refractivity contribution is 5.33. The molecule has 0 saturated carbocycles. The van der Waals surface area contributed by atoms with E-state index in [0.29, 0.717) is 19.7 Å². The van der Waals surface area contributed by atoms with Gasteiger partial charge in [0.15, 0.2) is 0 Å². The van der Waals surface area contributed by atoms with Gasteiger partial charge in [-0.05, 0) is 25.5 Å². The van der Waals surface area contributed by atoms with Gasteiger partial charge in [-0.1, -0.05) is 48.5 Å². The van der Waals surface area contributed by atoms with E-state index in [9.17, 15) is 5.11 Å². The highest BCUT2D eigenvalue weighted by Gasteiger charge is 2.15. The quantitative estimate of drug-likeness (QED) is 0.717. The maximum atomic E-state index is 10.4. The standard InChI is InChI=1S/C21H29NO3/c1-17(2)25-16-20(23)15-22(13-18-9-5-4-6-10-18)14-19-11-7-8-12-21(19)24-3/h4-12,17,20,23H,13-16H2,1-3H3/t20-/m0/s1. The van der Waals surface area contributed by atoms with E-state index in [0.717, 1.165) is 17.9 Å². The Morgan fingerprint density at radius 1 is 0.960 bits per heavy atom. The Morgan fingerprint density at radius 3 is 2.32 bits per heavy atom. The van der Waals surface area contributed by atoms with Crippen molar-refractivity contribution < 1.29 is 14.6 Å². The Hall–Kier alpha value is -1.88. The zero-order chi connectivity index (χ0) is 18.1. The van der Waals surface area contributed by atoms with Crippen LogP contribution in [0.1, 0.15) is 25.0 Å². The number of aliphatic hydroxyl groups excluding tert-OH is 1. The van der Waals surface area contributed by atoms with Crippen LogP contribution in [0.2, 0.25) is 0 Å². The zero-order valence-electron chi connectivity index (χ0n) is 15.4. The maximum absolute atomic E-state index is 10.4. The summed E-state index contributed by atoms with van der Waals surface area (Å²) in [6.45, 7) is 6.30. The maximum Gasteiger partial charge on any atom is 0.123 e. The molecule has 0 radical (unpaired) electrons. The lowest BCUT2D eigenvalue weighted by molar-refractivity contribution is -0.0107. The van der Waals surface area contributed by atoms with E-state index in [1.54, 1.807) is 7.11 Å². The van der Waals surface area contributed by atoms with E-state index in [-0.39, 0.29) is 6.10 Å². The third kappa shape index (κ3) is 6.86. The van der Waals surface area contributed by atoms with Gasteiger partial charge < -0.3 is 14.6 Å². The van der Waals surface area contributed by atoms with Crippen LogP contribution >= 0.6 is 0 Å². The second-order valence-corrected chi connectivity index (χ2v) is 6.50. The summed E-state index contributed by atoms with van der Waals surface area (Å²) >= 11 is 0. The van der Waals surface area contributed by atoms with Gasteiger partial charge in [0.05, 0.1) is 25.9 Å². The SMILES string of the molecule is COc1ccccc1CN(Cc1ccccc1)C[C@H](O)COC(C)C. The van der Waals surface area contributed by atoms with E-state index in [1.807, 2.05) is 50.2 Å². The molecule has 2 aromatic rings. The Balaban J connectivity index is 2.08. The molecule has 0 spiro atoms. The molecule has 0 aromatic heterocycles. The van der Waals surface area contributed by atoms with E-state index in [4.69, 9.17) is 9.47 Å². The molecule has 2 rings (SSSR count). The summed E-state index contributed by atoms with van der Waals surface area (Å²) in [5.74, 6) is 0.869. The van der Waals surface area contributed by atoms with Crippen molar-refractivity contribution in [1.82, 2.24) is 4.90 Å². The summed E-state index contributed by atoms with van der Waals surface area (Å²) in [7, 11) is 1.69. The van der Waals surface area contributed by atoms with Crippen LogP contribution in [0.3, 0.4) is 0 Å². The summed E-state index contributed by atoms with van der Waals surface area (Å²) in [6, 6.07) is 18.3. The molecule has 1 atom stereocenters. The van der Waals surface area contributed by atoms with Crippen LogP contribution in [0.25, 0.3) is 0 Å². The molecule has 0 unspecified atom stereocenters. The van der Waals surface area contributed by atoms with Gasteiger partial charge in [0.25, 0.3) is 0 Å². The first kappa shape index (κ1) is 19.4. The molecule has 4 nitrogen and oxygen atoms in total. The molecule has 0 aliphatic rings. The fraction of sp³-hybridized carbons (Fsp3) is 0.429. The van der Waals surface area contributed by atoms with Gasteiger partial charge in [-0.3, -0.25) is 4.90 Å². The topological polar surface area (TPSA) is 41.9 Å². The van der Waals surface area contributed by atoms with E-state index in [1.165, 1.54) is 5.56 Å². The van der Waals surface area contributed by atoms with Crippen molar-refractivity contribution in [3.63, 3.8) is 0 Å². The highest BCUT2D eigenvalue weighted by atomic mass is 16.5. The zero-order valence-corrected chi connectivity index (χ0v) is 15.4. The number of rotatable bonds is 10. The minimum Gasteiger partial charge on any atom is -0.496 e. The molecular weight excluding hydrogens is 314 g/mol. The molecule has 0 saturated heterocycles. The van der Waals surface area contributed by atoms with E-state index >= 15 is 0 Å².